The molecular formula is C30H33ClN8O5. The number of imidazole rings is 1. The molecule has 13 nitrogen and oxygen atoms in total. The number of unbranched alkanes of at least 4 members (excludes halogenated alkanes) is 1. The molecule has 3 unspecified atom stereocenters. The van der Waals surface area contributed by atoms with Crippen molar-refractivity contribution in [2.24, 2.45) is 11.8 Å². The smallest absolute Gasteiger partial charge is 0.324 e. The monoisotopic (exact) mass is 620 g/mol. The lowest BCUT2D eigenvalue weighted by Crippen LogP contribution is -2.44. The number of halogens is 1. The highest BCUT2D eigenvalue weighted by atomic mass is 35.5. The molecule has 2 heterocycles. The molecule has 4 aromatic rings. The van der Waals surface area contributed by atoms with E-state index in [-0.39, 0.29) is 18.4 Å². The van der Waals surface area contributed by atoms with Gasteiger partial charge in [0.15, 0.2) is 10.9 Å². The molecule has 2 aromatic heterocycles. The summed E-state index contributed by atoms with van der Waals surface area (Å²) >= 11 is 6.58. The minimum atomic E-state index is -1.25. The number of aryl methyl sites for hydroxylation is 1. The van der Waals surface area contributed by atoms with Crippen molar-refractivity contribution >= 4 is 29.3 Å². The van der Waals surface area contributed by atoms with Crippen molar-refractivity contribution in [2.75, 3.05) is 13.7 Å². The maximum atomic E-state index is 13.1. The number of carboxylic acid groups (broad SMARTS) is 1. The van der Waals surface area contributed by atoms with Crippen molar-refractivity contribution in [3.63, 3.8) is 0 Å². The van der Waals surface area contributed by atoms with Crippen molar-refractivity contribution in [2.45, 2.75) is 45.4 Å². The van der Waals surface area contributed by atoms with Gasteiger partial charge in [-0.1, -0.05) is 73.5 Å². The average Bonchev–Trinajstić information content (AvgIpc) is 3.32. The van der Waals surface area contributed by atoms with Crippen LogP contribution in [0.3, 0.4) is 0 Å². The van der Waals surface area contributed by atoms with Gasteiger partial charge in [0.1, 0.15) is 24.4 Å². The molecule has 1 aliphatic rings. The van der Waals surface area contributed by atoms with E-state index in [0.717, 1.165) is 40.9 Å². The zero-order valence-electron chi connectivity index (χ0n) is 24.3. The van der Waals surface area contributed by atoms with E-state index in [1.807, 2.05) is 53.1 Å². The average molecular weight is 621 g/mol. The summed E-state index contributed by atoms with van der Waals surface area (Å²) in [4.78, 5) is 41.3. The normalized spacial score (nSPS) is 16.6. The summed E-state index contributed by atoms with van der Waals surface area (Å²) in [7, 11) is 1.66. The van der Waals surface area contributed by atoms with Gasteiger partial charge in [-0.25, -0.2) is 4.98 Å². The predicted molar refractivity (Wildman–Crippen MR) is 160 cm³/mol. The Morgan fingerprint density at radius 3 is 2.55 bits per heavy atom. The number of nitrogens with one attached hydrogen (secondary N) is 3. The van der Waals surface area contributed by atoms with Crippen LogP contribution in [0, 0.1) is 11.8 Å². The van der Waals surface area contributed by atoms with E-state index in [1.165, 1.54) is 0 Å². The Labute approximate surface area is 258 Å². The number of ketones is 1. The number of aliphatic carboxylic acids is 1. The molecule has 230 valence electrons. The van der Waals surface area contributed by atoms with Crippen LogP contribution in [-0.2, 0) is 38.7 Å². The third-order valence-corrected chi connectivity index (χ3v) is 7.89. The molecule has 0 saturated heterocycles. The number of rotatable bonds is 15. The van der Waals surface area contributed by atoms with Gasteiger partial charge in [0.25, 0.3) is 0 Å². The number of carbonyl (C=O) groups excluding carboxylic acids is 2. The number of Topliss-reactive ketones (excluding diaryl/α,β-unsaturated/α-hetero) is 1. The summed E-state index contributed by atoms with van der Waals surface area (Å²) in [5, 5.41) is 29.7. The Bertz CT molecular complexity index is 1620. The van der Waals surface area contributed by atoms with Crippen LogP contribution in [0.2, 0.25) is 5.15 Å². The number of nitrogens with zero attached hydrogens (tertiary/aromatic N) is 5. The van der Waals surface area contributed by atoms with Crippen LogP contribution in [0.5, 0.6) is 0 Å². The predicted octanol–water partition coefficient (Wildman–Crippen LogP) is 2.85. The number of aromatic nitrogens is 6. The van der Waals surface area contributed by atoms with Crippen molar-refractivity contribution in [3.8, 4) is 22.5 Å². The standard InChI is InChI=1S/C30H33ClN8O5/c1-3-4-9-22-34-27(31)21(15-44-30(43)25(33-16-32-2)23-24(26(23)40)29(41)42)39(22)14-17-10-12-18(13-11-17)19-7-5-6-8-20(19)28-35-37-38-36-28/h5-8,10-13,23-25,32-33H,3-4,9,14-16H2,1-2H3,(H,41,42)(H,35,36,37,38). The van der Waals surface area contributed by atoms with Gasteiger partial charge in [0.05, 0.1) is 11.6 Å². The van der Waals surface area contributed by atoms with Crippen LogP contribution in [0.15, 0.2) is 48.5 Å². The molecule has 44 heavy (non-hydrogen) atoms. The molecule has 0 radical (unpaired) electrons. The van der Waals surface area contributed by atoms with Gasteiger partial charge in [-0.05, 0) is 35.4 Å². The second-order valence-corrected chi connectivity index (χ2v) is 10.9. The minimum Gasteiger partial charge on any atom is -0.481 e. The summed E-state index contributed by atoms with van der Waals surface area (Å²) in [6.07, 6.45) is 2.54. The van der Waals surface area contributed by atoms with E-state index in [0.29, 0.717) is 24.5 Å². The first-order chi connectivity index (χ1) is 21.3. The first kappa shape index (κ1) is 31.0. The Morgan fingerprint density at radius 2 is 1.91 bits per heavy atom. The number of tetrazole rings is 1. The molecule has 1 fully saturated rings. The number of H-pyrrole nitrogens is 1. The number of hydrogen-bond donors (Lipinski definition) is 4. The van der Waals surface area contributed by atoms with E-state index in [1.54, 1.807) is 7.05 Å². The van der Waals surface area contributed by atoms with Crippen LogP contribution >= 0.6 is 11.6 Å². The Hall–Kier alpha value is -4.46. The Morgan fingerprint density at radius 1 is 1.16 bits per heavy atom. The highest BCUT2D eigenvalue weighted by molar-refractivity contribution is 6.30. The van der Waals surface area contributed by atoms with Gasteiger partial charge in [-0.15, -0.1) is 10.2 Å². The number of aromatic amines is 1. The molecule has 1 aliphatic carbocycles. The van der Waals surface area contributed by atoms with Crippen LogP contribution in [0.25, 0.3) is 22.5 Å². The zero-order valence-corrected chi connectivity index (χ0v) is 25.0. The first-order valence-electron chi connectivity index (χ1n) is 14.3. The fraction of sp³-hybridized carbons (Fsp3) is 0.367. The van der Waals surface area contributed by atoms with Crippen molar-refractivity contribution in [1.29, 1.82) is 0 Å². The van der Waals surface area contributed by atoms with Gasteiger partial charge in [0, 0.05) is 25.2 Å². The lowest BCUT2D eigenvalue weighted by atomic mass is 9.98. The van der Waals surface area contributed by atoms with Crippen LogP contribution in [0.1, 0.15) is 36.8 Å². The highest BCUT2D eigenvalue weighted by Gasteiger charge is 2.60. The maximum absolute atomic E-state index is 13.1. The lowest BCUT2D eigenvalue weighted by molar-refractivity contribution is -0.149. The van der Waals surface area contributed by atoms with Gasteiger partial charge < -0.3 is 19.7 Å². The third kappa shape index (κ3) is 6.69. The molecule has 0 amide bonds. The maximum Gasteiger partial charge on any atom is 0.324 e. The molecule has 0 aliphatic heterocycles. The van der Waals surface area contributed by atoms with E-state index in [9.17, 15) is 19.5 Å². The quantitative estimate of drug-likeness (QED) is 0.0873. The molecule has 0 spiro atoms. The van der Waals surface area contributed by atoms with E-state index in [4.69, 9.17) is 16.3 Å². The fourth-order valence-corrected chi connectivity index (χ4v) is 5.48. The van der Waals surface area contributed by atoms with Crippen molar-refractivity contribution in [1.82, 2.24) is 40.8 Å². The van der Waals surface area contributed by atoms with Gasteiger partial charge in [-0.2, -0.15) is 5.21 Å². The number of benzene rings is 2. The lowest BCUT2D eigenvalue weighted by Gasteiger charge is -2.18. The molecule has 14 heteroatoms. The number of carboxylic acids is 1. The molecule has 4 N–H and O–H groups in total. The fourth-order valence-electron chi connectivity index (χ4n) is 5.22. The second-order valence-electron chi connectivity index (χ2n) is 10.5. The number of carbonyl (C=O) groups is 3. The molecule has 2 aromatic carbocycles. The second kappa shape index (κ2) is 13.9. The van der Waals surface area contributed by atoms with Crippen LogP contribution in [0.4, 0.5) is 0 Å². The summed E-state index contributed by atoms with van der Waals surface area (Å²) < 4.78 is 7.58. The topological polar surface area (TPSA) is 177 Å². The molecule has 1 saturated carbocycles. The van der Waals surface area contributed by atoms with Gasteiger partial charge in [-0.3, -0.25) is 19.7 Å². The number of ether oxygens (including phenoxy) is 1. The van der Waals surface area contributed by atoms with Crippen LogP contribution in [-0.4, -0.2) is 72.8 Å². The number of esters is 1. The van der Waals surface area contributed by atoms with Gasteiger partial charge >= 0.3 is 11.9 Å². The minimum absolute atomic E-state index is 0.186. The number of hydrogen-bond acceptors (Lipinski definition) is 10. The summed E-state index contributed by atoms with van der Waals surface area (Å²) in [5.41, 5.74) is 4.29. The highest BCUT2D eigenvalue weighted by Crippen LogP contribution is 2.37. The van der Waals surface area contributed by atoms with Crippen LogP contribution < -0.4 is 10.6 Å². The van der Waals surface area contributed by atoms with E-state index >= 15 is 0 Å². The Kier molecular flexibility index (Phi) is 9.78. The molecule has 3 atom stereocenters. The summed E-state index contributed by atoms with van der Waals surface area (Å²) in [6, 6.07) is 14.8. The third-order valence-electron chi connectivity index (χ3n) is 7.59. The van der Waals surface area contributed by atoms with Crippen molar-refractivity contribution in [3.05, 3.63) is 70.8 Å². The Balaban J connectivity index is 1.36. The summed E-state index contributed by atoms with van der Waals surface area (Å²) in [6.45, 7) is 2.52. The van der Waals surface area contributed by atoms with E-state index in [2.05, 4.69) is 43.2 Å². The summed E-state index contributed by atoms with van der Waals surface area (Å²) in [5.74, 6) is -3.43. The molecule has 0 bridgehead atoms. The SMILES string of the molecule is CCCCc1nc(Cl)c(COC(=O)C(NCNC)C2C(=O)C2C(=O)O)n1Cc1ccc(-c2ccccc2-c2nn[nH]n2)cc1. The largest absolute Gasteiger partial charge is 0.481 e. The zero-order chi connectivity index (χ0) is 31.2. The van der Waals surface area contributed by atoms with Gasteiger partial charge in [0.2, 0.25) is 5.82 Å². The molecule has 5 rings (SSSR count). The van der Waals surface area contributed by atoms with E-state index < -0.39 is 35.6 Å². The molecular weight excluding hydrogens is 588 g/mol. The van der Waals surface area contributed by atoms with Crippen molar-refractivity contribution < 1.29 is 24.2 Å². The first-order valence-corrected chi connectivity index (χ1v) is 14.7.